The van der Waals surface area contributed by atoms with Gasteiger partial charge in [0.25, 0.3) is 10.0 Å². The molecule has 8 heteroatoms. The van der Waals surface area contributed by atoms with Crippen LogP contribution in [-0.2, 0) is 10.0 Å². The largest absolute Gasteiger partial charge is 0.476 e. The van der Waals surface area contributed by atoms with E-state index in [9.17, 15) is 13.2 Å². The SMILES string of the molecule is C#CCCNS(=O)(=O)c1scnc1C(=O)O. The lowest BCUT2D eigenvalue weighted by atomic mass is 10.5. The molecule has 0 aliphatic carbocycles. The number of carboxylic acids is 1. The van der Waals surface area contributed by atoms with Gasteiger partial charge >= 0.3 is 5.97 Å². The molecule has 6 nitrogen and oxygen atoms in total. The van der Waals surface area contributed by atoms with E-state index >= 15 is 0 Å². The number of terminal acetylenes is 1. The first-order valence-corrected chi connectivity index (χ1v) is 6.45. The first-order chi connectivity index (χ1) is 7.49. The molecular formula is C8H8N2O4S2. The van der Waals surface area contributed by atoms with Gasteiger partial charge in [0.05, 0.1) is 5.51 Å². The Kier molecular flexibility index (Phi) is 4.00. The molecule has 2 N–H and O–H groups in total. The minimum absolute atomic E-state index is 0.0653. The fourth-order valence-corrected chi connectivity index (χ4v) is 3.11. The predicted molar refractivity (Wildman–Crippen MR) is 57.7 cm³/mol. The molecule has 0 fully saturated rings. The molecule has 86 valence electrons. The lowest BCUT2D eigenvalue weighted by molar-refractivity contribution is 0.0687. The van der Waals surface area contributed by atoms with Crippen molar-refractivity contribution in [2.75, 3.05) is 6.54 Å². The van der Waals surface area contributed by atoms with Crippen LogP contribution in [0.3, 0.4) is 0 Å². The molecule has 16 heavy (non-hydrogen) atoms. The lowest BCUT2D eigenvalue weighted by Gasteiger charge is -2.02. The lowest BCUT2D eigenvalue weighted by Crippen LogP contribution is -2.25. The number of aromatic nitrogens is 1. The summed E-state index contributed by atoms with van der Waals surface area (Å²) in [6.45, 7) is 0.0653. The number of nitrogens with one attached hydrogen (secondary N) is 1. The molecule has 0 aromatic carbocycles. The van der Waals surface area contributed by atoms with E-state index in [-0.39, 0.29) is 17.2 Å². The van der Waals surface area contributed by atoms with Crippen molar-refractivity contribution in [2.24, 2.45) is 0 Å². The Labute approximate surface area is 96.4 Å². The molecule has 0 aliphatic rings. The third-order valence-corrected chi connectivity index (χ3v) is 4.37. The summed E-state index contributed by atoms with van der Waals surface area (Å²) in [5.41, 5.74) is 0.692. The van der Waals surface area contributed by atoms with Gasteiger partial charge in [-0.3, -0.25) is 0 Å². The fourth-order valence-electron chi connectivity index (χ4n) is 0.892. The number of hydrogen-bond donors (Lipinski definition) is 2. The average molecular weight is 260 g/mol. The number of rotatable bonds is 5. The van der Waals surface area contributed by atoms with Crippen LogP contribution in [-0.4, -0.2) is 31.0 Å². The fraction of sp³-hybridized carbons (Fsp3) is 0.250. The van der Waals surface area contributed by atoms with Crippen LogP contribution in [0.4, 0.5) is 0 Å². The molecule has 0 radical (unpaired) electrons. The van der Waals surface area contributed by atoms with Crippen molar-refractivity contribution in [2.45, 2.75) is 10.6 Å². The van der Waals surface area contributed by atoms with E-state index in [0.29, 0.717) is 0 Å². The maximum atomic E-state index is 11.6. The maximum absolute atomic E-state index is 11.6. The van der Waals surface area contributed by atoms with Crippen LogP contribution in [0.25, 0.3) is 0 Å². The Bertz CT molecular complexity index is 526. The zero-order chi connectivity index (χ0) is 12.2. The summed E-state index contributed by atoms with van der Waals surface area (Å²) < 4.78 is 25.1. The van der Waals surface area contributed by atoms with Gasteiger partial charge < -0.3 is 5.11 Å². The van der Waals surface area contributed by atoms with Crippen molar-refractivity contribution < 1.29 is 18.3 Å². The number of sulfonamides is 1. The van der Waals surface area contributed by atoms with Crippen LogP contribution in [0.2, 0.25) is 0 Å². The molecule has 1 heterocycles. The molecule has 1 aromatic heterocycles. The van der Waals surface area contributed by atoms with Crippen molar-refractivity contribution >= 4 is 27.3 Å². The van der Waals surface area contributed by atoms with E-state index in [1.54, 1.807) is 0 Å². The zero-order valence-electron chi connectivity index (χ0n) is 8.00. The average Bonchev–Trinajstić information content (AvgIpc) is 2.66. The highest BCUT2D eigenvalue weighted by Gasteiger charge is 2.24. The highest BCUT2D eigenvalue weighted by Crippen LogP contribution is 2.19. The summed E-state index contributed by atoms with van der Waals surface area (Å²) >= 11 is 0.749. The van der Waals surface area contributed by atoms with Crippen LogP contribution < -0.4 is 4.72 Å². The van der Waals surface area contributed by atoms with Gasteiger partial charge in [-0.1, -0.05) is 0 Å². The summed E-state index contributed by atoms with van der Waals surface area (Å²) in [5.74, 6) is 0.891. The van der Waals surface area contributed by atoms with Crippen LogP contribution in [0, 0.1) is 12.3 Å². The van der Waals surface area contributed by atoms with Gasteiger partial charge in [0.2, 0.25) is 0 Å². The molecule has 0 amide bonds. The Balaban J connectivity index is 2.95. The highest BCUT2D eigenvalue weighted by atomic mass is 32.2. The normalized spacial score (nSPS) is 10.9. The Morgan fingerprint density at radius 2 is 2.38 bits per heavy atom. The highest BCUT2D eigenvalue weighted by molar-refractivity contribution is 7.91. The smallest absolute Gasteiger partial charge is 0.356 e. The Morgan fingerprint density at radius 3 is 2.94 bits per heavy atom. The van der Waals surface area contributed by atoms with Gasteiger partial charge in [-0.25, -0.2) is 22.9 Å². The minimum Gasteiger partial charge on any atom is -0.476 e. The van der Waals surface area contributed by atoms with Gasteiger partial charge in [0.15, 0.2) is 9.90 Å². The number of thiazole rings is 1. The topological polar surface area (TPSA) is 96.4 Å². The first kappa shape index (κ1) is 12.6. The summed E-state index contributed by atoms with van der Waals surface area (Å²) in [7, 11) is -3.84. The van der Waals surface area contributed by atoms with Crippen LogP contribution in [0.5, 0.6) is 0 Å². The quantitative estimate of drug-likeness (QED) is 0.580. The Morgan fingerprint density at radius 1 is 1.69 bits per heavy atom. The third-order valence-electron chi connectivity index (χ3n) is 1.54. The van der Waals surface area contributed by atoms with Crippen LogP contribution in [0.15, 0.2) is 9.72 Å². The van der Waals surface area contributed by atoms with Crippen molar-refractivity contribution in [1.82, 2.24) is 9.71 Å². The second kappa shape index (κ2) is 5.07. The number of carbonyl (C=O) groups is 1. The molecule has 0 spiro atoms. The van der Waals surface area contributed by atoms with Crippen LogP contribution in [0.1, 0.15) is 16.9 Å². The maximum Gasteiger partial charge on any atom is 0.356 e. The molecule has 0 saturated carbocycles. The van der Waals surface area contributed by atoms with E-state index in [2.05, 4.69) is 15.6 Å². The minimum atomic E-state index is -3.84. The van der Waals surface area contributed by atoms with Crippen molar-refractivity contribution in [3.05, 3.63) is 11.2 Å². The number of aromatic carboxylic acids is 1. The number of carboxylic acid groups (broad SMARTS) is 1. The van der Waals surface area contributed by atoms with Crippen molar-refractivity contribution in [1.29, 1.82) is 0 Å². The zero-order valence-corrected chi connectivity index (χ0v) is 9.64. The van der Waals surface area contributed by atoms with Gasteiger partial charge in [-0.05, 0) is 0 Å². The predicted octanol–water partition coefficient (Wildman–Crippen LogP) is 0.143. The van der Waals surface area contributed by atoms with E-state index in [0.717, 1.165) is 11.3 Å². The van der Waals surface area contributed by atoms with Crippen molar-refractivity contribution in [3.8, 4) is 12.3 Å². The van der Waals surface area contributed by atoms with E-state index in [4.69, 9.17) is 11.5 Å². The van der Waals surface area contributed by atoms with Gasteiger partial charge in [0.1, 0.15) is 0 Å². The van der Waals surface area contributed by atoms with E-state index < -0.39 is 21.7 Å². The molecule has 0 atom stereocenters. The van der Waals surface area contributed by atoms with E-state index in [1.165, 1.54) is 5.51 Å². The van der Waals surface area contributed by atoms with Crippen molar-refractivity contribution in [3.63, 3.8) is 0 Å². The Hall–Kier alpha value is -1.43. The summed E-state index contributed by atoms with van der Waals surface area (Å²) in [6.07, 6.45) is 5.20. The second-order valence-corrected chi connectivity index (χ2v) is 5.46. The molecule has 0 saturated heterocycles. The summed E-state index contributed by atoms with van der Waals surface area (Å²) in [4.78, 5) is 14.1. The molecule has 1 rings (SSSR count). The molecule has 0 aliphatic heterocycles. The van der Waals surface area contributed by atoms with Gasteiger partial charge in [-0.2, -0.15) is 0 Å². The summed E-state index contributed by atoms with van der Waals surface area (Å²) in [5, 5.41) is 8.71. The summed E-state index contributed by atoms with van der Waals surface area (Å²) in [6, 6.07) is 0. The van der Waals surface area contributed by atoms with Gasteiger partial charge in [-0.15, -0.1) is 23.7 Å². The van der Waals surface area contributed by atoms with Crippen LogP contribution >= 0.6 is 11.3 Å². The standard InChI is InChI=1S/C8H8N2O4S2/c1-2-3-4-10-16(13,14)8-6(7(11)12)9-5-15-8/h1,5,10H,3-4H2,(H,11,12). The van der Waals surface area contributed by atoms with Gasteiger partial charge in [0, 0.05) is 13.0 Å². The number of hydrogen-bond acceptors (Lipinski definition) is 5. The second-order valence-electron chi connectivity index (χ2n) is 2.65. The molecule has 0 bridgehead atoms. The third kappa shape index (κ3) is 2.79. The monoisotopic (exact) mass is 260 g/mol. The first-order valence-electron chi connectivity index (χ1n) is 4.09. The number of nitrogens with zero attached hydrogens (tertiary/aromatic N) is 1. The molecule has 1 aromatic rings. The molecule has 0 unspecified atom stereocenters. The molecular weight excluding hydrogens is 252 g/mol. The van der Waals surface area contributed by atoms with E-state index in [1.807, 2.05) is 0 Å².